The largest absolute Gasteiger partial charge is 0.463 e. The zero-order chi connectivity index (χ0) is 22.9. The summed E-state index contributed by atoms with van der Waals surface area (Å²) in [5.41, 5.74) is 4.49. The van der Waals surface area contributed by atoms with E-state index < -0.39 is 0 Å². The topological polar surface area (TPSA) is 84.4 Å². The van der Waals surface area contributed by atoms with Gasteiger partial charge in [-0.25, -0.2) is 14.8 Å². The molecule has 7 nitrogen and oxygen atoms in total. The lowest BCUT2D eigenvalue weighted by atomic mass is 9.99. The molecule has 7 heteroatoms. The van der Waals surface area contributed by atoms with Crippen LogP contribution in [0.5, 0.6) is 0 Å². The lowest BCUT2D eigenvalue weighted by Gasteiger charge is -2.18. The smallest absolute Gasteiger partial charge is 0.321 e. The molecular formula is C27H22N4O3. The number of fused-ring (bicyclic) bond motifs is 1. The molecule has 3 aromatic heterocycles. The van der Waals surface area contributed by atoms with Crippen LogP contribution in [0.25, 0.3) is 33.9 Å². The van der Waals surface area contributed by atoms with Crippen LogP contribution in [0.4, 0.5) is 10.5 Å². The average Bonchev–Trinajstić information content (AvgIpc) is 3.66. The van der Waals surface area contributed by atoms with Gasteiger partial charge in [0.15, 0.2) is 11.5 Å². The first-order valence-corrected chi connectivity index (χ1v) is 11.2. The highest BCUT2D eigenvalue weighted by atomic mass is 16.3. The summed E-state index contributed by atoms with van der Waals surface area (Å²) < 4.78 is 11.2. The van der Waals surface area contributed by atoms with E-state index in [-0.39, 0.29) is 6.03 Å². The maximum atomic E-state index is 12.9. The minimum Gasteiger partial charge on any atom is -0.463 e. The fraction of sp³-hybridized carbons (Fsp3) is 0.148. The Morgan fingerprint density at radius 2 is 1.56 bits per heavy atom. The van der Waals surface area contributed by atoms with E-state index in [9.17, 15) is 4.79 Å². The normalized spacial score (nSPS) is 15.6. The van der Waals surface area contributed by atoms with Crippen LogP contribution in [-0.2, 0) is 0 Å². The van der Waals surface area contributed by atoms with Crippen molar-refractivity contribution in [2.75, 3.05) is 18.4 Å². The second kappa shape index (κ2) is 8.51. The molecule has 1 saturated heterocycles. The average molecular weight is 450 g/mol. The van der Waals surface area contributed by atoms with E-state index >= 15 is 0 Å². The summed E-state index contributed by atoms with van der Waals surface area (Å²) in [6.07, 6.45) is 4.16. The number of hydrogen-bond donors (Lipinski definition) is 1. The molecule has 1 aliphatic rings. The highest BCUT2D eigenvalue weighted by molar-refractivity contribution is 5.93. The quantitative estimate of drug-likeness (QED) is 0.354. The number of urea groups is 1. The molecule has 1 fully saturated rings. The number of hydrogen-bond acceptors (Lipinski definition) is 5. The molecule has 34 heavy (non-hydrogen) atoms. The monoisotopic (exact) mass is 450 g/mol. The first-order valence-electron chi connectivity index (χ1n) is 11.2. The van der Waals surface area contributed by atoms with Crippen molar-refractivity contribution in [2.45, 2.75) is 12.3 Å². The fourth-order valence-electron chi connectivity index (χ4n) is 4.45. The van der Waals surface area contributed by atoms with E-state index in [1.54, 1.807) is 12.5 Å². The summed E-state index contributed by atoms with van der Waals surface area (Å²) in [6.45, 7) is 1.44. The predicted octanol–water partition coefficient (Wildman–Crippen LogP) is 6.17. The summed E-state index contributed by atoms with van der Waals surface area (Å²) in [5.74, 6) is 1.57. The number of carbonyl (C=O) groups excluding carboxylic acids is 1. The predicted molar refractivity (Wildman–Crippen MR) is 129 cm³/mol. The maximum absolute atomic E-state index is 12.9. The van der Waals surface area contributed by atoms with Crippen molar-refractivity contribution in [1.29, 1.82) is 0 Å². The zero-order valence-corrected chi connectivity index (χ0v) is 18.3. The van der Waals surface area contributed by atoms with Crippen molar-refractivity contribution in [3.63, 3.8) is 0 Å². The summed E-state index contributed by atoms with van der Waals surface area (Å²) in [6, 6.07) is 23.1. The Labute approximate surface area is 196 Å². The summed E-state index contributed by atoms with van der Waals surface area (Å²) in [7, 11) is 0. The Kier molecular flexibility index (Phi) is 5.07. The van der Waals surface area contributed by atoms with Crippen LogP contribution in [0.3, 0.4) is 0 Å². The summed E-state index contributed by atoms with van der Waals surface area (Å²) >= 11 is 0. The van der Waals surface area contributed by atoms with Gasteiger partial charge in [-0.1, -0.05) is 30.3 Å². The van der Waals surface area contributed by atoms with Crippen LogP contribution < -0.4 is 5.32 Å². The Hall–Kier alpha value is -4.39. The molecule has 6 rings (SSSR count). The van der Waals surface area contributed by atoms with E-state index in [2.05, 4.69) is 17.4 Å². The van der Waals surface area contributed by atoms with Crippen LogP contribution >= 0.6 is 0 Å². The highest BCUT2D eigenvalue weighted by Crippen LogP contribution is 2.32. The number of furan rings is 2. The molecule has 2 aromatic carbocycles. The molecule has 0 bridgehead atoms. The van der Waals surface area contributed by atoms with Crippen LogP contribution in [0, 0.1) is 0 Å². The molecule has 5 aromatic rings. The molecule has 168 valence electrons. The third-order valence-electron chi connectivity index (χ3n) is 6.17. The molecule has 1 aliphatic heterocycles. The van der Waals surface area contributed by atoms with Crippen LogP contribution in [0.15, 0.2) is 94.2 Å². The minimum absolute atomic E-state index is 0.107. The first-order chi connectivity index (χ1) is 16.7. The van der Waals surface area contributed by atoms with E-state index in [0.717, 1.165) is 13.0 Å². The Balaban J connectivity index is 1.26. The van der Waals surface area contributed by atoms with Gasteiger partial charge in [0, 0.05) is 24.7 Å². The molecule has 0 radical (unpaired) electrons. The molecule has 1 N–H and O–H groups in total. The van der Waals surface area contributed by atoms with Gasteiger partial charge in [0.2, 0.25) is 0 Å². The Bertz CT molecular complexity index is 1430. The Morgan fingerprint density at radius 1 is 0.853 bits per heavy atom. The number of aromatic nitrogens is 2. The van der Waals surface area contributed by atoms with E-state index in [4.69, 9.17) is 18.8 Å². The molecule has 0 spiro atoms. The maximum Gasteiger partial charge on any atom is 0.321 e. The number of anilines is 1. The van der Waals surface area contributed by atoms with Crippen LogP contribution in [-0.4, -0.2) is 34.0 Å². The second-order valence-electron chi connectivity index (χ2n) is 8.35. The number of nitrogens with one attached hydrogen (secondary N) is 1. The second-order valence-corrected chi connectivity index (χ2v) is 8.35. The van der Waals surface area contributed by atoms with Crippen molar-refractivity contribution in [1.82, 2.24) is 14.9 Å². The number of carbonyl (C=O) groups is 1. The van der Waals surface area contributed by atoms with Crippen molar-refractivity contribution >= 4 is 22.8 Å². The van der Waals surface area contributed by atoms with E-state index in [0.29, 0.717) is 52.1 Å². The van der Waals surface area contributed by atoms with E-state index in [1.807, 2.05) is 65.6 Å². The van der Waals surface area contributed by atoms with Gasteiger partial charge in [0.25, 0.3) is 0 Å². The first kappa shape index (κ1) is 20.2. The molecule has 1 atom stereocenters. The summed E-state index contributed by atoms with van der Waals surface area (Å²) in [5, 5.41) is 3.02. The van der Waals surface area contributed by atoms with Gasteiger partial charge in [-0.15, -0.1) is 0 Å². The minimum atomic E-state index is -0.107. The van der Waals surface area contributed by atoms with Crippen molar-refractivity contribution in [3.8, 4) is 22.9 Å². The van der Waals surface area contributed by atoms with Gasteiger partial charge in [0.05, 0.1) is 23.6 Å². The highest BCUT2D eigenvalue weighted by Gasteiger charge is 2.27. The van der Waals surface area contributed by atoms with Gasteiger partial charge >= 0.3 is 6.03 Å². The fourth-order valence-corrected chi connectivity index (χ4v) is 4.45. The Morgan fingerprint density at radius 3 is 2.24 bits per heavy atom. The number of rotatable bonds is 4. The van der Waals surface area contributed by atoms with Crippen LogP contribution in [0.2, 0.25) is 0 Å². The van der Waals surface area contributed by atoms with E-state index in [1.165, 1.54) is 5.56 Å². The molecule has 4 heterocycles. The lowest BCUT2D eigenvalue weighted by molar-refractivity contribution is 0.222. The molecular weight excluding hydrogens is 428 g/mol. The number of amides is 2. The van der Waals surface area contributed by atoms with Gasteiger partial charge in [-0.2, -0.15) is 0 Å². The van der Waals surface area contributed by atoms with Crippen molar-refractivity contribution in [2.24, 2.45) is 0 Å². The van der Waals surface area contributed by atoms with Gasteiger partial charge in [-0.05, 0) is 54.4 Å². The molecule has 2 amide bonds. The lowest BCUT2D eigenvalue weighted by Crippen LogP contribution is -2.32. The van der Waals surface area contributed by atoms with Gasteiger partial charge < -0.3 is 19.1 Å². The van der Waals surface area contributed by atoms with Gasteiger partial charge in [-0.3, -0.25) is 0 Å². The van der Waals surface area contributed by atoms with Crippen LogP contribution in [0.1, 0.15) is 17.9 Å². The number of nitrogens with zero attached hydrogens (tertiary/aromatic N) is 3. The number of likely N-dealkylation sites (tertiary alicyclic amines) is 1. The van der Waals surface area contributed by atoms with Crippen molar-refractivity contribution < 1.29 is 13.6 Å². The third-order valence-corrected chi connectivity index (χ3v) is 6.17. The van der Waals surface area contributed by atoms with Gasteiger partial charge in [0.1, 0.15) is 11.4 Å². The molecule has 0 saturated carbocycles. The number of benzene rings is 2. The van der Waals surface area contributed by atoms with Crippen molar-refractivity contribution in [3.05, 3.63) is 90.9 Å². The summed E-state index contributed by atoms with van der Waals surface area (Å²) in [4.78, 5) is 24.4. The standard InChI is InChI=1S/C27H22N4O3/c32-27(31-13-12-19(17-31)18-6-2-1-3-7-18)28-20-10-11-21-22(16-20)30-26(24-9-5-15-34-24)25(29-21)23-8-4-14-33-23/h1-11,14-16,19H,12-13,17H2,(H,28,32)/t19-/m1/s1. The third kappa shape index (κ3) is 3.81. The SMILES string of the molecule is O=C(Nc1ccc2nc(-c3ccco3)c(-c3ccco3)nc2c1)N1CC[C@@H](c2ccccc2)C1. The molecule has 0 aliphatic carbocycles. The zero-order valence-electron chi connectivity index (χ0n) is 18.3. The molecule has 0 unspecified atom stereocenters.